The summed E-state index contributed by atoms with van der Waals surface area (Å²) in [5, 5.41) is 11.2. The zero-order valence-electron chi connectivity index (χ0n) is 13.3. The van der Waals surface area contributed by atoms with Gasteiger partial charge in [0.1, 0.15) is 0 Å². The zero-order chi connectivity index (χ0) is 20.5. The number of ether oxygens (including phenoxy) is 1. The monoisotopic (exact) mass is 438 g/mol. The van der Waals surface area contributed by atoms with E-state index in [9.17, 15) is 30.7 Å². The minimum atomic E-state index is -6.42. The van der Waals surface area contributed by atoms with Crippen LogP contribution in [0.4, 0.5) is 30.7 Å². The summed E-state index contributed by atoms with van der Waals surface area (Å²) in [5.41, 5.74) is 0. The van der Waals surface area contributed by atoms with Gasteiger partial charge in [-0.1, -0.05) is 18.5 Å². The fourth-order valence-corrected chi connectivity index (χ4v) is 2.72. The smallest absolute Gasteiger partial charge is 0.460 e. The molecule has 2 aromatic heterocycles. The predicted octanol–water partition coefficient (Wildman–Crippen LogP) is 4.64. The molecule has 0 aromatic carbocycles. The van der Waals surface area contributed by atoms with Gasteiger partial charge >= 0.3 is 18.0 Å². The summed E-state index contributed by atoms with van der Waals surface area (Å²) >= 11 is 7.05. The number of alkyl halides is 7. The largest absolute Gasteiger partial charge is 0.484 e. The van der Waals surface area contributed by atoms with Gasteiger partial charge in [0.25, 0.3) is 0 Å². The van der Waals surface area contributed by atoms with Crippen molar-refractivity contribution < 1.29 is 35.5 Å². The van der Waals surface area contributed by atoms with Crippen LogP contribution in [0.5, 0.6) is 5.75 Å². The Morgan fingerprint density at radius 1 is 1.15 bits per heavy atom. The predicted molar refractivity (Wildman–Crippen MR) is 82.0 cm³/mol. The van der Waals surface area contributed by atoms with Gasteiger partial charge < -0.3 is 4.74 Å². The fourth-order valence-electron chi connectivity index (χ4n) is 1.74. The molecule has 0 bridgehead atoms. The minimum absolute atomic E-state index is 0.0901. The molecule has 5 nitrogen and oxygen atoms in total. The lowest BCUT2D eigenvalue weighted by molar-refractivity contribution is -0.358. The Morgan fingerprint density at radius 3 is 2.41 bits per heavy atom. The lowest BCUT2D eigenvalue weighted by Crippen LogP contribution is -2.54. The van der Waals surface area contributed by atoms with Crippen LogP contribution in [0.2, 0.25) is 5.15 Å². The third-order valence-corrected chi connectivity index (χ3v) is 4.11. The molecule has 0 aliphatic carbocycles. The molecule has 0 saturated heterocycles. The first-order valence-electron chi connectivity index (χ1n) is 7.05. The maximum Gasteiger partial charge on any atom is 0.460 e. The summed E-state index contributed by atoms with van der Waals surface area (Å²) in [6.07, 6.45) is -4.58. The van der Waals surface area contributed by atoms with Crippen molar-refractivity contribution in [3.8, 4) is 11.6 Å². The van der Waals surface area contributed by atoms with Crippen molar-refractivity contribution >= 4 is 23.4 Å². The van der Waals surface area contributed by atoms with Crippen LogP contribution in [-0.2, 0) is 0 Å². The molecular formula is C13H10ClF7N4OS. The molecule has 150 valence electrons. The molecule has 0 saturated carbocycles. The highest BCUT2D eigenvalue weighted by Crippen LogP contribution is 2.46. The van der Waals surface area contributed by atoms with E-state index >= 15 is 0 Å². The number of halogens is 8. The Hall–Kier alpha value is -1.76. The standard InChI is InChI=1S/C13H10ClF7N4OS/c1-2-27-8-3-9(14)23-24-10(8)25-5-7(4-22-25)26-6-11(15,16)12(17,18)13(19,20)21/h3-5H,2,6H2,1H3. The number of thioether (sulfide) groups is 1. The number of rotatable bonds is 7. The quantitative estimate of drug-likeness (QED) is 0.465. The van der Waals surface area contributed by atoms with Crippen molar-refractivity contribution in [2.45, 2.75) is 29.8 Å². The molecule has 0 aliphatic heterocycles. The van der Waals surface area contributed by atoms with E-state index in [-0.39, 0.29) is 11.0 Å². The van der Waals surface area contributed by atoms with E-state index < -0.39 is 30.4 Å². The fraction of sp³-hybridized carbons (Fsp3) is 0.462. The molecular weight excluding hydrogens is 429 g/mol. The Kier molecular flexibility index (Phi) is 6.14. The molecule has 0 aliphatic rings. The number of aromatic nitrogens is 4. The van der Waals surface area contributed by atoms with E-state index in [0.29, 0.717) is 10.6 Å². The van der Waals surface area contributed by atoms with Crippen LogP contribution in [0.1, 0.15) is 6.92 Å². The van der Waals surface area contributed by atoms with E-state index in [1.54, 1.807) is 0 Å². The van der Waals surface area contributed by atoms with E-state index in [4.69, 9.17) is 11.6 Å². The number of nitrogens with zero attached hydrogens (tertiary/aromatic N) is 4. The highest BCUT2D eigenvalue weighted by molar-refractivity contribution is 7.99. The van der Waals surface area contributed by atoms with Gasteiger partial charge in [0.05, 0.1) is 17.3 Å². The van der Waals surface area contributed by atoms with Crippen molar-refractivity contribution in [2.24, 2.45) is 0 Å². The van der Waals surface area contributed by atoms with E-state index in [2.05, 4.69) is 20.0 Å². The normalized spacial score (nSPS) is 13.1. The third-order valence-electron chi connectivity index (χ3n) is 3.02. The topological polar surface area (TPSA) is 52.8 Å². The van der Waals surface area contributed by atoms with Gasteiger partial charge in [-0.15, -0.1) is 22.0 Å². The van der Waals surface area contributed by atoms with Crippen LogP contribution in [-0.4, -0.2) is 50.4 Å². The van der Waals surface area contributed by atoms with Gasteiger partial charge in [-0.3, -0.25) is 0 Å². The molecule has 14 heteroatoms. The molecule has 0 fully saturated rings. The Bertz CT molecular complexity index is 799. The zero-order valence-corrected chi connectivity index (χ0v) is 14.8. The van der Waals surface area contributed by atoms with Crippen LogP contribution < -0.4 is 4.74 Å². The summed E-state index contributed by atoms with van der Waals surface area (Å²) < 4.78 is 93.9. The number of hydrogen-bond acceptors (Lipinski definition) is 5. The average Bonchev–Trinajstić information content (AvgIpc) is 3.01. The summed E-state index contributed by atoms with van der Waals surface area (Å²) in [6, 6.07) is 1.47. The molecule has 0 radical (unpaired) electrons. The van der Waals surface area contributed by atoms with E-state index in [0.717, 1.165) is 17.1 Å². The van der Waals surface area contributed by atoms with Gasteiger partial charge in [-0.2, -0.15) is 35.8 Å². The lowest BCUT2D eigenvalue weighted by Gasteiger charge is -2.27. The minimum Gasteiger partial charge on any atom is -0.484 e. The number of hydrogen-bond donors (Lipinski definition) is 0. The van der Waals surface area contributed by atoms with Gasteiger partial charge in [0, 0.05) is 0 Å². The molecule has 0 atom stereocenters. The molecule has 0 amide bonds. The van der Waals surface area contributed by atoms with Crippen molar-refractivity contribution in [2.75, 3.05) is 12.4 Å². The maximum atomic E-state index is 13.3. The van der Waals surface area contributed by atoms with Crippen LogP contribution >= 0.6 is 23.4 Å². The highest BCUT2D eigenvalue weighted by Gasteiger charge is 2.73. The van der Waals surface area contributed by atoms with Crippen LogP contribution in [0, 0.1) is 0 Å². The molecule has 2 heterocycles. The van der Waals surface area contributed by atoms with Crippen molar-refractivity contribution in [3.05, 3.63) is 23.6 Å². The van der Waals surface area contributed by atoms with Crippen molar-refractivity contribution in [1.29, 1.82) is 0 Å². The second kappa shape index (κ2) is 7.70. The third kappa shape index (κ3) is 4.57. The molecule has 0 spiro atoms. The van der Waals surface area contributed by atoms with Gasteiger partial charge in [-0.05, 0) is 11.8 Å². The second-order valence-corrected chi connectivity index (χ2v) is 6.67. The van der Waals surface area contributed by atoms with E-state index in [1.807, 2.05) is 6.92 Å². The lowest BCUT2D eigenvalue weighted by atomic mass is 10.2. The highest BCUT2D eigenvalue weighted by atomic mass is 35.5. The molecule has 0 N–H and O–H groups in total. The van der Waals surface area contributed by atoms with Crippen LogP contribution in [0.3, 0.4) is 0 Å². The van der Waals surface area contributed by atoms with Gasteiger partial charge in [0.2, 0.25) is 0 Å². The first-order valence-corrected chi connectivity index (χ1v) is 8.41. The van der Waals surface area contributed by atoms with Crippen molar-refractivity contribution in [3.63, 3.8) is 0 Å². The summed E-state index contributed by atoms with van der Waals surface area (Å²) in [4.78, 5) is 0.529. The summed E-state index contributed by atoms with van der Waals surface area (Å²) in [5.74, 6) is -11.4. The summed E-state index contributed by atoms with van der Waals surface area (Å²) in [6.45, 7) is -0.364. The SMILES string of the molecule is CCSc1cc(Cl)nnc1-n1cc(OCC(F)(F)C(F)(F)C(F)(F)F)cn1. The Labute approximate surface area is 156 Å². The molecule has 2 aromatic rings. The Morgan fingerprint density at radius 2 is 1.81 bits per heavy atom. The first-order chi connectivity index (χ1) is 12.4. The van der Waals surface area contributed by atoms with E-state index in [1.165, 1.54) is 17.8 Å². The molecule has 2 rings (SSSR count). The average molecular weight is 439 g/mol. The van der Waals surface area contributed by atoms with Gasteiger partial charge in [-0.25, -0.2) is 4.68 Å². The van der Waals surface area contributed by atoms with Gasteiger partial charge in [0.15, 0.2) is 23.3 Å². The van der Waals surface area contributed by atoms with Crippen LogP contribution in [0.25, 0.3) is 5.82 Å². The second-order valence-electron chi connectivity index (χ2n) is 4.97. The van der Waals surface area contributed by atoms with Crippen molar-refractivity contribution in [1.82, 2.24) is 20.0 Å². The van der Waals surface area contributed by atoms with Crippen LogP contribution in [0.15, 0.2) is 23.4 Å². The Balaban J connectivity index is 2.18. The first kappa shape index (κ1) is 21.5. The molecule has 0 unspecified atom stereocenters. The molecule has 27 heavy (non-hydrogen) atoms. The maximum absolute atomic E-state index is 13.3. The summed E-state index contributed by atoms with van der Waals surface area (Å²) in [7, 11) is 0.